The van der Waals surface area contributed by atoms with Gasteiger partial charge in [0.15, 0.2) is 0 Å². The third kappa shape index (κ3) is 3.97. The van der Waals surface area contributed by atoms with Crippen molar-refractivity contribution >= 4 is 33.6 Å². The van der Waals surface area contributed by atoms with Crippen LogP contribution in [0.15, 0.2) is 16.6 Å². The Morgan fingerprint density at radius 2 is 1.86 bits per heavy atom. The van der Waals surface area contributed by atoms with Crippen LogP contribution in [0.1, 0.15) is 42.5 Å². The third-order valence-electron chi connectivity index (χ3n) is 4.00. The highest BCUT2D eigenvalue weighted by Crippen LogP contribution is 2.38. The van der Waals surface area contributed by atoms with Gasteiger partial charge in [-0.1, -0.05) is 35.2 Å². The second kappa shape index (κ2) is 7.09. The molecule has 1 aromatic carbocycles. The largest absolute Gasteiger partial charge is 0.350 e. The zero-order valence-electron chi connectivity index (χ0n) is 11.8. The van der Waals surface area contributed by atoms with Crippen molar-refractivity contribution in [2.75, 3.05) is 12.8 Å². The maximum absolute atomic E-state index is 13.8. The van der Waals surface area contributed by atoms with Gasteiger partial charge in [-0.05, 0) is 31.2 Å². The molecule has 0 atom stereocenters. The molecule has 0 spiro atoms. The number of benzene rings is 1. The minimum atomic E-state index is -0.846. The van der Waals surface area contributed by atoms with E-state index in [0.29, 0.717) is 6.54 Å². The molecule has 0 aliphatic heterocycles. The normalized spacial score (nSPS) is 17.5. The maximum atomic E-state index is 13.8. The Labute approximate surface area is 136 Å². The summed E-state index contributed by atoms with van der Waals surface area (Å²) in [5.41, 5.74) is -0.509. The molecular weight excluding hydrogens is 360 g/mol. The van der Waals surface area contributed by atoms with Crippen LogP contribution in [-0.2, 0) is 0 Å². The Morgan fingerprint density at radius 3 is 2.38 bits per heavy atom. The molecule has 1 aliphatic rings. The fraction of sp³-hybridized carbons (Fsp3) is 0.533. The van der Waals surface area contributed by atoms with Crippen LogP contribution < -0.4 is 5.32 Å². The zero-order chi connectivity index (χ0) is 15.5. The summed E-state index contributed by atoms with van der Waals surface area (Å²) >= 11 is 4.73. The Hall–Kier alpha value is -0.620. The lowest BCUT2D eigenvalue weighted by atomic mass is 9.88. The van der Waals surface area contributed by atoms with Gasteiger partial charge in [0.2, 0.25) is 0 Å². The van der Waals surface area contributed by atoms with Gasteiger partial charge in [0.25, 0.3) is 5.91 Å². The van der Waals surface area contributed by atoms with Crippen LogP contribution in [0.3, 0.4) is 0 Å². The first-order chi connectivity index (χ1) is 9.97. The highest BCUT2D eigenvalue weighted by Gasteiger charge is 2.32. The van der Waals surface area contributed by atoms with E-state index in [4.69, 9.17) is 0 Å². The summed E-state index contributed by atoms with van der Waals surface area (Å²) in [6.07, 6.45) is 7.57. The van der Waals surface area contributed by atoms with Gasteiger partial charge in [-0.2, -0.15) is 11.8 Å². The highest BCUT2D eigenvalue weighted by molar-refractivity contribution is 9.10. The number of halogens is 3. The lowest BCUT2D eigenvalue weighted by molar-refractivity contribution is 0.0938. The average molecular weight is 378 g/mol. The fourth-order valence-corrected chi connectivity index (χ4v) is 4.05. The molecule has 1 fully saturated rings. The van der Waals surface area contributed by atoms with Gasteiger partial charge in [0.05, 0.1) is 0 Å². The van der Waals surface area contributed by atoms with E-state index in [1.54, 1.807) is 11.8 Å². The molecule has 0 unspecified atom stereocenters. The van der Waals surface area contributed by atoms with Crippen LogP contribution in [0.5, 0.6) is 0 Å². The van der Waals surface area contributed by atoms with Crippen LogP contribution in [0.4, 0.5) is 8.78 Å². The molecular formula is C15H18BrF2NOS. The molecule has 1 aromatic rings. The first kappa shape index (κ1) is 16.7. The van der Waals surface area contributed by atoms with Crippen molar-refractivity contribution in [1.82, 2.24) is 5.32 Å². The molecule has 21 heavy (non-hydrogen) atoms. The lowest BCUT2D eigenvalue weighted by Gasteiger charge is -2.35. The molecule has 2 nitrogen and oxygen atoms in total. The first-order valence-electron chi connectivity index (χ1n) is 6.95. The Balaban J connectivity index is 2.08. The van der Waals surface area contributed by atoms with E-state index in [2.05, 4.69) is 21.2 Å². The van der Waals surface area contributed by atoms with Gasteiger partial charge >= 0.3 is 0 Å². The summed E-state index contributed by atoms with van der Waals surface area (Å²) in [7, 11) is 0. The molecule has 1 aliphatic carbocycles. The predicted molar refractivity (Wildman–Crippen MR) is 85.7 cm³/mol. The first-order valence-corrected chi connectivity index (χ1v) is 8.97. The smallest absolute Gasteiger partial charge is 0.257 e. The number of thioether (sulfide) groups is 1. The Kier molecular flexibility index (Phi) is 5.66. The Morgan fingerprint density at radius 1 is 1.29 bits per heavy atom. The molecule has 6 heteroatoms. The number of amides is 1. The minimum Gasteiger partial charge on any atom is -0.350 e. The van der Waals surface area contributed by atoms with Crippen LogP contribution >= 0.6 is 27.7 Å². The Bertz CT molecular complexity index is 509. The second-order valence-electron chi connectivity index (χ2n) is 5.37. The van der Waals surface area contributed by atoms with E-state index in [0.717, 1.165) is 37.8 Å². The molecule has 0 bridgehead atoms. The van der Waals surface area contributed by atoms with Crippen LogP contribution in [0.25, 0.3) is 0 Å². The summed E-state index contributed by atoms with van der Waals surface area (Å²) < 4.78 is 27.8. The molecule has 2 rings (SSSR count). The van der Waals surface area contributed by atoms with Crippen LogP contribution in [-0.4, -0.2) is 23.5 Å². The van der Waals surface area contributed by atoms with Gasteiger partial charge in [-0.25, -0.2) is 8.78 Å². The van der Waals surface area contributed by atoms with Gasteiger partial charge in [-0.3, -0.25) is 4.79 Å². The average Bonchev–Trinajstić information content (AvgIpc) is 2.45. The van der Waals surface area contributed by atoms with Gasteiger partial charge < -0.3 is 5.32 Å². The summed E-state index contributed by atoms with van der Waals surface area (Å²) in [6, 6.07) is 2.20. The van der Waals surface area contributed by atoms with Crippen molar-refractivity contribution in [2.24, 2.45) is 0 Å². The minimum absolute atomic E-state index is 0.00374. The summed E-state index contributed by atoms with van der Waals surface area (Å²) in [5.74, 6) is -2.38. The number of hydrogen-bond acceptors (Lipinski definition) is 2. The van der Waals surface area contributed by atoms with E-state index in [1.807, 2.05) is 6.26 Å². The van der Waals surface area contributed by atoms with Crippen molar-refractivity contribution in [3.63, 3.8) is 0 Å². The number of carbonyl (C=O) groups is 1. The molecule has 0 saturated heterocycles. The SMILES string of the molecule is CSC1(CNC(=O)c2c(F)cc(Br)cc2F)CCCCC1. The van der Waals surface area contributed by atoms with Crippen LogP contribution in [0.2, 0.25) is 0 Å². The lowest BCUT2D eigenvalue weighted by Crippen LogP contribution is -2.42. The third-order valence-corrected chi connectivity index (χ3v) is 5.88. The van der Waals surface area contributed by atoms with Gasteiger partial charge in [0, 0.05) is 15.8 Å². The van der Waals surface area contributed by atoms with Gasteiger partial charge in [0.1, 0.15) is 17.2 Å². The summed E-state index contributed by atoms with van der Waals surface area (Å²) in [4.78, 5) is 12.1. The van der Waals surface area contributed by atoms with Crippen molar-refractivity contribution < 1.29 is 13.6 Å². The number of hydrogen-bond donors (Lipinski definition) is 1. The van der Waals surface area contributed by atoms with E-state index in [1.165, 1.54) is 6.42 Å². The van der Waals surface area contributed by atoms with E-state index in [-0.39, 0.29) is 9.22 Å². The van der Waals surface area contributed by atoms with Crippen molar-refractivity contribution in [1.29, 1.82) is 0 Å². The molecule has 1 saturated carbocycles. The van der Waals surface area contributed by atoms with Crippen molar-refractivity contribution in [3.8, 4) is 0 Å². The second-order valence-corrected chi connectivity index (χ2v) is 7.56. The summed E-state index contributed by atoms with van der Waals surface area (Å²) in [5, 5.41) is 2.71. The molecule has 1 amide bonds. The van der Waals surface area contributed by atoms with E-state index < -0.39 is 23.1 Å². The van der Waals surface area contributed by atoms with Crippen molar-refractivity contribution in [3.05, 3.63) is 33.8 Å². The predicted octanol–water partition coefficient (Wildman–Crippen LogP) is 4.52. The number of rotatable bonds is 4. The molecule has 0 radical (unpaired) electrons. The van der Waals surface area contributed by atoms with E-state index in [9.17, 15) is 13.6 Å². The standard InChI is InChI=1S/C15H18BrF2NOS/c1-21-15(5-3-2-4-6-15)9-19-14(20)13-11(17)7-10(16)8-12(13)18/h7-8H,2-6,9H2,1H3,(H,19,20). The molecule has 116 valence electrons. The van der Waals surface area contributed by atoms with Gasteiger partial charge in [-0.15, -0.1) is 0 Å². The van der Waals surface area contributed by atoms with E-state index >= 15 is 0 Å². The number of carbonyl (C=O) groups excluding carboxylic acids is 1. The topological polar surface area (TPSA) is 29.1 Å². The molecule has 0 heterocycles. The number of nitrogens with one attached hydrogen (secondary N) is 1. The quantitative estimate of drug-likeness (QED) is 0.835. The molecule has 1 N–H and O–H groups in total. The molecule has 0 aromatic heterocycles. The summed E-state index contributed by atoms with van der Waals surface area (Å²) in [6.45, 7) is 0.446. The maximum Gasteiger partial charge on any atom is 0.257 e. The highest BCUT2D eigenvalue weighted by atomic mass is 79.9. The van der Waals surface area contributed by atoms with Crippen LogP contribution in [0, 0.1) is 11.6 Å². The monoisotopic (exact) mass is 377 g/mol. The fourth-order valence-electron chi connectivity index (χ4n) is 2.74. The van der Waals surface area contributed by atoms with Crippen molar-refractivity contribution in [2.45, 2.75) is 36.9 Å². The zero-order valence-corrected chi connectivity index (χ0v) is 14.3.